The molecule has 0 fully saturated rings. The number of rotatable bonds is 8. The number of nitrogens with one attached hydrogen (secondary N) is 1. The van der Waals surface area contributed by atoms with Crippen molar-refractivity contribution in [3.63, 3.8) is 0 Å². The monoisotopic (exact) mass is 478 g/mol. The van der Waals surface area contributed by atoms with Gasteiger partial charge in [-0.1, -0.05) is 44.0 Å². The minimum Gasteiger partial charge on any atom is -0.462 e. The highest BCUT2D eigenvalue weighted by Crippen LogP contribution is 2.29. The van der Waals surface area contributed by atoms with Gasteiger partial charge in [-0.05, 0) is 42.3 Å². The van der Waals surface area contributed by atoms with E-state index >= 15 is 0 Å². The van der Waals surface area contributed by atoms with Crippen LogP contribution in [-0.4, -0.2) is 49.7 Å². The van der Waals surface area contributed by atoms with E-state index in [0.29, 0.717) is 21.3 Å². The normalized spacial score (nSPS) is 16.2. The zero-order valence-corrected chi connectivity index (χ0v) is 19.2. The summed E-state index contributed by atoms with van der Waals surface area (Å²) in [4.78, 5) is 37.6. The van der Waals surface area contributed by atoms with Gasteiger partial charge in [-0.3, -0.25) is 9.59 Å². The molecule has 2 amide bonds. The van der Waals surface area contributed by atoms with Gasteiger partial charge in [-0.15, -0.1) is 0 Å². The molecule has 2 aromatic carbocycles. The highest BCUT2D eigenvalue weighted by atomic mass is 35.5. The van der Waals surface area contributed by atoms with Gasteiger partial charge in [0.15, 0.2) is 0 Å². The molecule has 0 unspecified atom stereocenters. The maximum Gasteiger partial charge on any atom is 0.328 e. The van der Waals surface area contributed by atoms with Gasteiger partial charge in [-0.25, -0.2) is 17.5 Å². The van der Waals surface area contributed by atoms with Crippen LogP contribution in [0, 0.1) is 5.92 Å². The molecule has 0 radical (unpaired) electrons. The van der Waals surface area contributed by atoms with Crippen molar-refractivity contribution in [1.29, 1.82) is 0 Å². The third-order valence-corrected chi connectivity index (χ3v) is 7.40. The third-order valence-electron chi connectivity index (χ3n) is 5.31. The van der Waals surface area contributed by atoms with Crippen LogP contribution in [-0.2, 0) is 19.6 Å². The van der Waals surface area contributed by atoms with Crippen molar-refractivity contribution in [2.24, 2.45) is 5.92 Å². The zero-order valence-electron chi connectivity index (χ0n) is 17.6. The molecule has 0 aromatic heterocycles. The van der Waals surface area contributed by atoms with E-state index in [1.807, 2.05) is 6.92 Å². The standard InChI is InChI=1S/C22H23ClN2O6S/c1-3-14(2)19(24-20(26)15-8-10-16(23)11-9-15)22(28)31-13-12-25-21(27)17-6-4-5-7-18(17)32(25,29)30/h4-11,14,19H,3,12-13H2,1-2H3,(H,24,26)/t14-,19-/m0/s1. The van der Waals surface area contributed by atoms with Crippen molar-refractivity contribution in [3.05, 3.63) is 64.7 Å². The van der Waals surface area contributed by atoms with Gasteiger partial charge in [0.2, 0.25) is 0 Å². The van der Waals surface area contributed by atoms with Crippen molar-refractivity contribution < 1.29 is 27.5 Å². The van der Waals surface area contributed by atoms with Gasteiger partial charge in [0, 0.05) is 10.6 Å². The van der Waals surface area contributed by atoms with Crippen LogP contribution in [0.25, 0.3) is 0 Å². The summed E-state index contributed by atoms with van der Waals surface area (Å²) >= 11 is 5.84. The molecule has 170 valence electrons. The Morgan fingerprint density at radius 1 is 1.12 bits per heavy atom. The number of benzene rings is 2. The van der Waals surface area contributed by atoms with Crippen LogP contribution in [0.2, 0.25) is 5.02 Å². The topological polar surface area (TPSA) is 110 Å². The summed E-state index contributed by atoms with van der Waals surface area (Å²) in [6, 6.07) is 11.2. The molecule has 2 atom stereocenters. The highest BCUT2D eigenvalue weighted by molar-refractivity contribution is 7.90. The number of halogens is 1. The smallest absolute Gasteiger partial charge is 0.328 e. The number of fused-ring (bicyclic) bond motifs is 1. The summed E-state index contributed by atoms with van der Waals surface area (Å²) in [5, 5.41) is 3.15. The molecule has 2 aromatic rings. The van der Waals surface area contributed by atoms with E-state index in [2.05, 4.69) is 5.32 Å². The quantitative estimate of drug-likeness (QED) is 0.584. The maximum absolute atomic E-state index is 12.7. The molecule has 32 heavy (non-hydrogen) atoms. The van der Waals surface area contributed by atoms with Crippen molar-refractivity contribution in [2.75, 3.05) is 13.2 Å². The number of hydrogen-bond donors (Lipinski definition) is 1. The fourth-order valence-corrected chi connectivity index (χ4v) is 4.94. The predicted molar refractivity (Wildman–Crippen MR) is 118 cm³/mol. The number of hydrogen-bond acceptors (Lipinski definition) is 6. The second-order valence-electron chi connectivity index (χ2n) is 7.39. The summed E-state index contributed by atoms with van der Waals surface area (Å²) in [5.74, 6) is -2.06. The second-order valence-corrected chi connectivity index (χ2v) is 9.66. The lowest BCUT2D eigenvalue weighted by Crippen LogP contribution is -2.46. The lowest BCUT2D eigenvalue weighted by atomic mass is 9.99. The van der Waals surface area contributed by atoms with Gasteiger partial charge in [-0.2, -0.15) is 0 Å². The Bertz CT molecular complexity index is 1130. The summed E-state index contributed by atoms with van der Waals surface area (Å²) < 4.78 is 31.1. The molecule has 8 nitrogen and oxygen atoms in total. The van der Waals surface area contributed by atoms with E-state index < -0.39 is 33.8 Å². The Morgan fingerprint density at radius 3 is 2.41 bits per heavy atom. The van der Waals surface area contributed by atoms with E-state index in [-0.39, 0.29) is 29.5 Å². The summed E-state index contributed by atoms with van der Waals surface area (Å²) in [5.41, 5.74) is 0.425. The van der Waals surface area contributed by atoms with Crippen LogP contribution < -0.4 is 5.32 Å². The van der Waals surface area contributed by atoms with Crippen molar-refractivity contribution in [1.82, 2.24) is 9.62 Å². The van der Waals surface area contributed by atoms with E-state index in [1.54, 1.807) is 25.1 Å². The number of carbonyl (C=O) groups is 3. The fraction of sp³-hybridized carbons (Fsp3) is 0.318. The predicted octanol–water partition coefficient (Wildman–Crippen LogP) is 2.87. The number of carbonyl (C=O) groups excluding carboxylic acids is 3. The molecule has 3 rings (SSSR count). The first-order chi connectivity index (χ1) is 15.2. The van der Waals surface area contributed by atoms with Crippen LogP contribution in [0.15, 0.2) is 53.4 Å². The Morgan fingerprint density at radius 2 is 1.78 bits per heavy atom. The van der Waals surface area contributed by atoms with Gasteiger partial charge in [0.1, 0.15) is 17.5 Å². The Balaban J connectivity index is 1.64. The number of ether oxygens (including phenoxy) is 1. The Kier molecular flexibility index (Phi) is 7.20. The number of nitrogens with zero attached hydrogens (tertiary/aromatic N) is 1. The fourth-order valence-electron chi connectivity index (χ4n) is 3.27. The zero-order chi connectivity index (χ0) is 23.5. The van der Waals surface area contributed by atoms with Crippen molar-refractivity contribution in [3.8, 4) is 0 Å². The maximum atomic E-state index is 12.7. The van der Waals surface area contributed by atoms with E-state index in [9.17, 15) is 22.8 Å². The second kappa shape index (κ2) is 9.70. The lowest BCUT2D eigenvalue weighted by molar-refractivity contribution is -0.147. The van der Waals surface area contributed by atoms with E-state index in [0.717, 1.165) is 0 Å². The van der Waals surface area contributed by atoms with Crippen molar-refractivity contribution >= 4 is 39.4 Å². The van der Waals surface area contributed by atoms with Gasteiger partial charge >= 0.3 is 5.97 Å². The summed E-state index contributed by atoms with van der Waals surface area (Å²) in [6.07, 6.45) is 0.592. The van der Waals surface area contributed by atoms with Gasteiger partial charge < -0.3 is 10.1 Å². The first kappa shape index (κ1) is 23.7. The molecule has 1 aliphatic heterocycles. The first-order valence-electron chi connectivity index (χ1n) is 10.1. The number of sulfonamides is 1. The van der Waals surface area contributed by atoms with Crippen LogP contribution in [0.1, 0.15) is 41.0 Å². The van der Waals surface area contributed by atoms with E-state index in [4.69, 9.17) is 16.3 Å². The Hall–Kier alpha value is -2.91. The Labute approximate surface area is 191 Å². The first-order valence-corrected chi connectivity index (χ1v) is 11.9. The highest BCUT2D eigenvalue weighted by Gasteiger charge is 2.40. The molecule has 0 saturated heterocycles. The minimum atomic E-state index is -3.98. The summed E-state index contributed by atoms with van der Waals surface area (Å²) in [7, 11) is -3.98. The van der Waals surface area contributed by atoms with Crippen LogP contribution in [0.4, 0.5) is 0 Å². The molecular formula is C22H23ClN2O6S. The summed E-state index contributed by atoms with van der Waals surface area (Å²) in [6.45, 7) is 3.01. The molecule has 0 aliphatic carbocycles. The van der Waals surface area contributed by atoms with E-state index in [1.165, 1.54) is 30.3 Å². The average Bonchev–Trinajstić information content (AvgIpc) is 2.97. The molecule has 1 heterocycles. The molecule has 0 bridgehead atoms. The third kappa shape index (κ3) is 4.78. The number of esters is 1. The minimum absolute atomic E-state index is 0.0657. The molecule has 1 aliphatic rings. The van der Waals surface area contributed by atoms with Gasteiger partial charge in [0.05, 0.1) is 12.1 Å². The van der Waals surface area contributed by atoms with Gasteiger partial charge in [0.25, 0.3) is 21.8 Å². The molecule has 10 heteroatoms. The molecule has 1 N–H and O–H groups in total. The van der Waals surface area contributed by atoms with Crippen LogP contribution in [0.3, 0.4) is 0 Å². The SMILES string of the molecule is CC[C@H](C)[C@H](NC(=O)c1ccc(Cl)cc1)C(=O)OCCN1C(=O)c2ccccc2S1(=O)=O. The molecule has 0 spiro atoms. The largest absolute Gasteiger partial charge is 0.462 e. The average molecular weight is 479 g/mol. The van der Waals surface area contributed by atoms with Crippen LogP contribution >= 0.6 is 11.6 Å². The molecular weight excluding hydrogens is 456 g/mol. The molecule has 0 saturated carbocycles. The van der Waals surface area contributed by atoms with Crippen molar-refractivity contribution in [2.45, 2.75) is 31.2 Å². The van der Waals surface area contributed by atoms with Crippen LogP contribution in [0.5, 0.6) is 0 Å². The lowest BCUT2D eigenvalue weighted by Gasteiger charge is -2.23. The number of amides is 2.